The molecule has 0 aromatic heterocycles. The van der Waals surface area contributed by atoms with Gasteiger partial charge in [0, 0.05) is 39.5 Å². The second-order valence-corrected chi connectivity index (χ2v) is 5.43. The Morgan fingerprint density at radius 1 is 1.24 bits per heavy atom. The lowest BCUT2D eigenvalue weighted by Crippen LogP contribution is -2.38. The first-order chi connectivity index (χ1) is 10.4. The van der Waals surface area contributed by atoms with E-state index in [1.807, 2.05) is 0 Å². The highest BCUT2D eigenvalue weighted by atomic mass is 16.5. The van der Waals surface area contributed by atoms with Crippen LogP contribution in [0.5, 0.6) is 0 Å². The lowest BCUT2D eigenvalue weighted by molar-refractivity contribution is 0.105. The van der Waals surface area contributed by atoms with Crippen molar-refractivity contribution < 1.29 is 9.47 Å². The highest BCUT2D eigenvalue weighted by molar-refractivity contribution is 5.79. The van der Waals surface area contributed by atoms with Gasteiger partial charge in [0.25, 0.3) is 0 Å². The zero-order valence-electron chi connectivity index (χ0n) is 13.8. The lowest BCUT2D eigenvalue weighted by Gasteiger charge is -2.13. The number of ether oxygens (including phenoxy) is 2. The molecule has 0 aromatic carbocycles. The fraction of sp³-hybridized carbons (Fsp3) is 0.938. The van der Waals surface area contributed by atoms with Crippen LogP contribution >= 0.6 is 0 Å². The largest absolute Gasteiger partial charge is 0.381 e. The molecule has 0 bridgehead atoms. The van der Waals surface area contributed by atoms with E-state index in [9.17, 15) is 0 Å². The van der Waals surface area contributed by atoms with Crippen LogP contribution in [0.3, 0.4) is 0 Å². The van der Waals surface area contributed by atoms with Crippen molar-refractivity contribution in [3.63, 3.8) is 0 Å². The van der Waals surface area contributed by atoms with Crippen LogP contribution in [-0.2, 0) is 9.47 Å². The molecule has 0 aromatic rings. The summed E-state index contributed by atoms with van der Waals surface area (Å²) < 4.78 is 11.2. The van der Waals surface area contributed by atoms with Gasteiger partial charge in [-0.05, 0) is 39.0 Å². The van der Waals surface area contributed by atoms with Crippen molar-refractivity contribution in [2.75, 3.05) is 39.5 Å². The van der Waals surface area contributed by atoms with E-state index in [1.54, 1.807) is 0 Å². The molecule has 1 rings (SSSR count). The maximum atomic E-state index is 5.62. The Morgan fingerprint density at radius 3 is 2.81 bits per heavy atom. The summed E-state index contributed by atoms with van der Waals surface area (Å²) in [4.78, 5) is 4.57. The van der Waals surface area contributed by atoms with E-state index in [1.165, 1.54) is 19.3 Å². The monoisotopic (exact) mass is 299 g/mol. The van der Waals surface area contributed by atoms with E-state index < -0.39 is 0 Å². The molecule has 0 saturated carbocycles. The van der Waals surface area contributed by atoms with Gasteiger partial charge in [0.05, 0.1) is 6.10 Å². The topological polar surface area (TPSA) is 54.9 Å². The summed E-state index contributed by atoms with van der Waals surface area (Å²) in [6.07, 6.45) is 7.22. The first kappa shape index (κ1) is 18.2. The molecule has 0 aliphatic carbocycles. The molecule has 2 N–H and O–H groups in total. The van der Waals surface area contributed by atoms with Crippen molar-refractivity contribution >= 4 is 5.96 Å². The molecule has 1 aliphatic heterocycles. The van der Waals surface area contributed by atoms with Crippen molar-refractivity contribution in [3.05, 3.63) is 0 Å². The summed E-state index contributed by atoms with van der Waals surface area (Å²) in [7, 11) is 0. The molecule has 1 unspecified atom stereocenters. The van der Waals surface area contributed by atoms with Gasteiger partial charge in [-0.25, -0.2) is 0 Å². The maximum absolute atomic E-state index is 5.62. The Hall–Kier alpha value is -0.810. The smallest absolute Gasteiger partial charge is 0.191 e. The van der Waals surface area contributed by atoms with Gasteiger partial charge in [-0.15, -0.1) is 0 Å². The van der Waals surface area contributed by atoms with E-state index in [0.29, 0.717) is 6.10 Å². The SMILES string of the molecule is CCCCOCCCN=C(NCC)NCCC1CCCO1. The van der Waals surface area contributed by atoms with Crippen LogP contribution in [0.25, 0.3) is 0 Å². The van der Waals surface area contributed by atoms with Gasteiger partial charge in [0.15, 0.2) is 5.96 Å². The van der Waals surface area contributed by atoms with Crippen LogP contribution < -0.4 is 10.6 Å². The van der Waals surface area contributed by atoms with Crippen LogP contribution in [0, 0.1) is 0 Å². The van der Waals surface area contributed by atoms with E-state index in [0.717, 1.165) is 64.7 Å². The zero-order chi connectivity index (χ0) is 15.2. The van der Waals surface area contributed by atoms with Gasteiger partial charge < -0.3 is 20.1 Å². The highest BCUT2D eigenvalue weighted by Gasteiger charge is 2.14. The van der Waals surface area contributed by atoms with Gasteiger partial charge in [-0.1, -0.05) is 13.3 Å². The number of unbranched alkanes of at least 4 members (excludes halogenated alkanes) is 1. The maximum Gasteiger partial charge on any atom is 0.191 e. The average molecular weight is 299 g/mol. The van der Waals surface area contributed by atoms with Gasteiger partial charge in [0.2, 0.25) is 0 Å². The molecule has 1 fully saturated rings. The molecular formula is C16H33N3O2. The number of hydrogen-bond acceptors (Lipinski definition) is 3. The van der Waals surface area contributed by atoms with Crippen molar-refractivity contribution in [1.82, 2.24) is 10.6 Å². The molecule has 1 heterocycles. The number of hydrogen-bond donors (Lipinski definition) is 2. The van der Waals surface area contributed by atoms with Crippen molar-refractivity contribution in [3.8, 4) is 0 Å². The van der Waals surface area contributed by atoms with Crippen LogP contribution in [0.2, 0.25) is 0 Å². The predicted octanol–water partition coefficient (Wildman–Crippen LogP) is 2.32. The van der Waals surface area contributed by atoms with Crippen LogP contribution in [-0.4, -0.2) is 51.5 Å². The van der Waals surface area contributed by atoms with E-state index >= 15 is 0 Å². The second-order valence-electron chi connectivity index (χ2n) is 5.43. The summed E-state index contributed by atoms with van der Waals surface area (Å²) in [6.45, 7) is 9.49. The molecule has 21 heavy (non-hydrogen) atoms. The zero-order valence-corrected chi connectivity index (χ0v) is 13.8. The molecule has 1 atom stereocenters. The van der Waals surface area contributed by atoms with Gasteiger partial charge in [-0.3, -0.25) is 4.99 Å². The number of rotatable bonds is 11. The first-order valence-electron chi connectivity index (χ1n) is 8.58. The Balaban J connectivity index is 2.07. The normalized spacial score (nSPS) is 19.0. The highest BCUT2D eigenvalue weighted by Crippen LogP contribution is 2.14. The standard InChI is InChI=1S/C16H33N3O2/c1-3-5-12-20-13-7-10-18-16(17-4-2)19-11-9-15-8-6-14-21-15/h15H,3-14H2,1-2H3,(H2,17,18,19). The number of nitrogens with zero attached hydrogens (tertiary/aromatic N) is 1. The van der Waals surface area contributed by atoms with Gasteiger partial charge >= 0.3 is 0 Å². The second kappa shape index (κ2) is 12.9. The molecule has 1 saturated heterocycles. The molecule has 0 amide bonds. The summed E-state index contributed by atoms with van der Waals surface area (Å²) in [5.41, 5.74) is 0. The lowest BCUT2D eigenvalue weighted by atomic mass is 10.2. The van der Waals surface area contributed by atoms with Crippen molar-refractivity contribution in [2.45, 2.75) is 58.5 Å². The Bertz CT molecular complexity index is 266. The third-order valence-corrected chi connectivity index (χ3v) is 3.49. The third kappa shape index (κ3) is 9.69. The fourth-order valence-electron chi connectivity index (χ4n) is 2.27. The number of nitrogens with one attached hydrogen (secondary N) is 2. The Morgan fingerprint density at radius 2 is 2.10 bits per heavy atom. The summed E-state index contributed by atoms with van der Waals surface area (Å²) >= 11 is 0. The minimum absolute atomic E-state index is 0.437. The molecule has 0 spiro atoms. The van der Waals surface area contributed by atoms with Gasteiger partial charge in [-0.2, -0.15) is 0 Å². The van der Waals surface area contributed by atoms with E-state index in [2.05, 4.69) is 29.5 Å². The number of guanidine groups is 1. The first-order valence-corrected chi connectivity index (χ1v) is 8.58. The van der Waals surface area contributed by atoms with E-state index in [4.69, 9.17) is 9.47 Å². The average Bonchev–Trinajstić information content (AvgIpc) is 2.99. The van der Waals surface area contributed by atoms with Crippen LogP contribution in [0.1, 0.15) is 52.4 Å². The minimum Gasteiger partial charge on any atom is -0.381 e. The van der Waals surface area contributed by atoms with E-state index in [-0.39, 0.29) is 0 Å². The summed E-state index contributed by atoms with van der Waals surface area (Å²) in [6, 6.07) is 0. The summed E-state index contributed by atoms with van der Waals surface area (Å²) in [5.74, 6) is 0.907. The minimum atomic E-state index is 0.437. The van der Waals surface area contributed by atoms with Crippen LogP contribution in [0.15, 0.2) is 4.99 Å². The van der Waals surface area contributed by atoms with Crippen molar-refractivity contribution in [2.24, 2.45) is 4.99 Å². The van der Waals surface area contributed by atoms with Gasteiger partial charge in [0.1, 0.15) is 0 Å². The molecule has 1 aliphatic rings. The van der Waals surface area contributed by atoms with Crippen LogP contribution in [0.4, 0.5) is 0 Å². The molecule has 5 nitrogen and oxygen atoms in total. The van der Waals surface area contributed by atoms with Crippen molar-refractivity contribution in [1.29, 1.82) is 0 Å². The predicted molar refractivity (Wildman–Crippen MR) is 87.9 cm³/mol. The summed E-state index contributed by atoms with van der Waals surface area (Å²) in [5, 5.41) is 6.65. The molecule has 124 valence electrons. The number of aliphatic imine (C=N–C) groups is 1. The molecule has 0 radical (unpaired) electrons. The molecule has 5 heteroatoms. The fourth-order valence-corrected chi connectivity index (χ4v) is 2.27. The molecular weight excluding hydrogens is 266 g/mol. The Kier molecular flexibility index (Phi) is 11.2. The Labute approximate surface area is 129 Å². The quantitative estimate of drug-likeness (QED) is 0.349. The third-order valence-electron chi connectivity index (χ3n) is 3.49.